The van der Waals surface area contributed by atoms with Gasteiger partial charge in [-0.3, -0.25) is 9.59 Å². The maximum Gasteiger partial charge on any atom is 0.222 e. The summed E-state index contributed by atoms with van der Waals surface area (Å²) in [5.74, 6) is 0.966. The summed E-state index contributed by atoms with van der Waals surface area (Å²) in [7, 11) is 1.79. The minimum atomic E-state index is -0.141. The van der Waals surface area contributed by atoms with Gasteiger partial charge in [0.1, 0.15) is 11.3 Å². The minimum absolute atomic E-state index is 0.0355. The molecule has 1 atom stereocenters. The molecule has 0 aliphatic rings. The number of carbonyl (C=O) groups is 2. The van der Waals surface area contributed by atoms with Gasteiger partial charge in [-0.2, -0.15) is 0 Å². The van der Waals surface area contributed by atoms with Gasteiger partial charge in [-0.1, -0.05) is 32.0 Å². The normalized spacial score (nSPS) is 12.1. The van der Waals surface area contributed by atoms with Gasteiger partial charge < -0.3 is 14.2 Å². The fourth-order valence-corrected chi connectivity index (χ4v) is 3.24. The Bertz CT molecular complexity index is 714. The molecule has 0 aliphatic heterocycles. The average molecular weight is 373 g/mol. The molecular formula is C22H32N2O3. The van der Waals surface area contributed by atoms with E-state index in [0.717, 1.165) is 42.7 Å². The Balaban J connectivity index is 1.86. The molecule has 2 rings (SSSR count). The van der Waals surface area contributed by atoms with E-state index >= 15 is 0 Å². The molecule has 5 heteroatoms. The number of benzene rings is 1. The third kappa shape index (κ3) is 5.59. The van der Waals surface area contributed by atoms with Crippen LogP contribution in [0, 0.1) is 0 Å². The summed E-state index contributed by atoms with van der Waals surface area (Å²) in [6, 6.07) is 9.68. The number of para-hydroxylation sites is 1. The molecule has 1 unspecified atom stereocenters. The molecule has 0 N–H and O–H groups in total. The molecule has 2 amide bonds. The van der Waals surface area contributed by atoms with Crippen LogP contribution >= 0.6 is 0 Å². The van der Waals surface area contributed by atoms with Gasteiger partial charge >= 0.3 is 0 Å². The lowest BCUT2D eigenvalue weighted by Crippen LogP contribution is -2.33. The summed E-state index contributed by atoms with van der Waals surface area (Å²) in [5.41, 5.74) is 0.831. The zero-order valence-electron chi connectivity index (χ0n) is 17.0. The van der Waals surface area contributed by atoms with E-state index in [4.69, 9.17) is 4.42 Å². The zero-order valence-corrected chi connectivity index (χ0v) is 17.0. The first-order valence-electron chi connectivity index (χ1n) is 9.99. The molecule has 0 aliphatic carbocycles. The van der Waals surface area contributed by atoms with Gasteiger partial charge in [-0.25, -0.2) is 0 Å². The first-order chi connectivity index (χ1) is 13.0. The van der Waals surface area contributed by atoms with Crippen molar-refractivity contribution < 1.29 is 14.0 Å². The molecule has 5 nitrogen and oxygen atoms in total. The summed E-state index contributed by atoms with van der Waals surface area (Å²) in [6.07, 6.45) is 3.31. The Labute approximate surface area is 162 Å². The second kappa shape index (κ2) is 10.1. The Morgan fingerprint density at radius 2 is 1.67 bits per heavy atom. The molecule has 2 aromatic rings. The van der Waals surface area contributed by atoms with Gasteiger partial charge in [0, 0.05) is 38.4 Å². The molecule has 0 spiro atoms. The Hall–Kier alpha value is -2.30. The molecule has 0 fully saturated rings. The number of furan rings is 1. The Kier molecular flexibility index (Phi) is 7.89. The van der Waals surface area contributed by atoms with E-state index in [-0.39, 0.29) is 17.9 Å². The second-order valence-corrected chi connectivity index (χ2v) is 7.10. The lowest BCUT2D eigenvalue weighted by Gasteiger charge is -2.24. The second-order valence-electron chi connectivity index (χ2n) is 7.10. The van der Waals surface area contributed by atoms with Crippen LogP contribution in [0.1, 0.15) is 64.7 Å². The van der Waals surface area contributed by atoms with Gasteiger partial charge in [-0.15, -0.1) is 0 Å². The number of amides is 2. The third-order valence-electron chi connectivity index (χ3n) is 4.95. The highest BCUT2D eigenvalue weighted by Crippen LogP contribution is 2.27. The van der Waals surface area contributed by atoms with Gasteiger partial charge in [0.15, 0.2) is 0 Å². The molecule has 148 valence electrons. The van der Waals surface area contributed by atoms with Crippen LogP contribution in [0.25, 0.3) is 11.0 Å². The Morgan fingerprint density at radius 1 is 1.04 bits per heavy atom. The largest absolute Gasteiger partial charge is 0.459 e. The third-order valence-corrected chi connectivity index (χ3v) is 4.95. The molecule has 1 aromatic carbocycles. The van der Waals surface area contributed by atoms with Crippen LogP contribution in [0.2, 0.25) is 0 Å². The molecule has 0 radical (unpaired) electrons. The van der Waals surface area contributed by atoms with Gasteiger partial charge in [0.25, 0.3) is 0 Å². The smallest absolute Gasteiger partial charge is 0.222 e. The molecule has 1 aromatic heterocycles. The monoisotopic (exact) mass is 372 g/mol. The van der Waals surface area contributed by atoms with Crippen LogP contribution in [-0.2, 0) is 9.59 Å². The van der Waals surface area contributed by atoms with Crippen molar-refractivity contribution in [2.24, 2.45) is 0 Å². The number of fused-ring (bicyclic) bond motifs is 1. The predicted molar refractivity (Wildman–Crippen MR) is 108 cm³/mol. The van der Waals surface area contributed by atoms with Crippen molar-refractivity contribution in [1.82, 2.24) is 9.80 Å². The first-order valence-corrected chi connectivity index (χ1v) is 9.99. The highest BCUT2D eigenvalue weighted by atomic mass is 16.3. The van der Waals surface area contributed by atoms with Gasteiger partial charge in [0.2, 0.25) is 11.8 Å². The molecule has 0 saturated carbocycles. The summed E-state index contributed by atoms with van der Waals surface area (Å²) < 4.78 is 5.87. The maximum atomic E-state index is 12.5. The van der Waals surface area contributed by atoms with E-state index in [9.17, 15) is 9.59 Å². The Morgan fingerprint density at radius 3 is 2.30 bits per heavy atom. The lowest BCUT2D eigenvalue weighted by molar-refractivity contribution is -0.133. The molecular weight excluding hydrogens is 340 g/mol. The topological polar surface area (TPSA) is 53.8 Å². The standard InChI is InChI=1S/C22H32N2O3/c1-5-14-24(15-6-2)22(26)13-9-12-21(25)23(4)17(3)20-16-18-10-7-8-11-19(18)27-20/h7-8,10-11,16-17H,5-6,9,12-15H2,1-4H3. The average Bonchev–Trinajstić information content (AvgIpc) is 3.10. The first kappa shape index (κ1) is 21.0. The van der Waals surface area contributed by atoms with E-state index in [2.05, 4.69) is 13.8 Å². The minimum Gasteiger partial charge on any atom is -0.459 e. The van der Waals surface area contributed by atoms with E-state index in [1.165, 1.54) is 0 Å². The number of hydrogen-bond acceptors (Lipinski definition) is 3. The van der Waals surface area contributed by atoms with Crippen LogP contribution in [-0.4, -0.2) is 41.8 Å². The van der Waals surface area contributed by atoms with Crippen molar-refractivity contribution in [1.29, 1.82) is 0 Å². The van der Waals surface area contributed by atoms with Gasteiger partial charge in [-0.05, 0) is 38.3 Å². The highest BCUT2D eigenvalue weighted by molar-refractivity contribution is 5.80. The fourth-order valence-electron chi connectivity index (χ4n) is 3.24. The fraction of sp³-hybridized carbons (Fsp3) is 0.545. The van der Waals surface area contributed by atoms with Crippen molar-refractivity contribution >= 4 is 22.8 Å². The predicted octanol–water partition coefficient (Wildman–Crippen LogP) is 4.77. The quantitative estimate of drug-likeness (QED) is 0.603. The maximum absolute atomic E-state index is 12.5. The number of nitrogens with zero attached hydrogens (tertiary/aromatic N) is 2. The highest BCUT2D eigenvalue weighted by Gasteiger charge is 2.21. The summed E-state index contributed by atoms with van der Waals surface area (Å²) in [5, 5.41) is 1.04. The van der Waals surface area contributed by atoms with Crippen LogP contribution in [0.3, 0.4) is 0 Å². The van der Waals surface area contributed by atoms with Crippen LogP contribution < -0.4 is 0 Å². The lowest BCUT2D eigenvalue weighted by atomic mass is 10.1. The van der Waals surface area contributed by atoms with Gasteiger partial charge in [0.05, 0.1) is 6.04 Å². The SMILES string of the molecule is CCCN(CCC)C(=O)CCCC(=O)N(C)C(C)c1cc2ccccc2o1. The number of carbonyl (C=O) groups excluding carboxylic acids is 2. The van der Waals surface area contributed by atoms with Crippen molar-refractivity contribution in [3.8, 4) is 0 Å². The molecule has 0 bridgehead atoms. The summed E-state index contributed by atoms with van der Waals surface area (Å²) >= 11 is 0. The summed E-state index contributed by atoms with van der Waals surface area (Å²) in [6.45, 7) is 7.71. The van der Waals surface area contributed by atoms with Crippen LogP contribution in [0.4, 0.5) is 0 Å². The van der Waals surface area contributed by atoms with Crippen molar-refractivity contribution in [2.75, 3.05) is 20.1 Å². The van der Waals surface area contributed by atoms with Crippen LogP contribution in [0.15, 0.2) is 34.7 Å². The van der Waals surface area contributed by atoms with E-state index in [0.29, 0.717) is 19.3 Å². The van der Waals surface area contributed by atoms with E-state index in [1.807, 2.05) is 42.2 Å². The van der Waals surface area contributed by atoms with Crippen molar-refractivity contribution in [3.63, 3.8) is 0 Å². The van der Waals surface area contributed by atoms with Crippen molar-refractivity contribution in [3.05, 3.63) is 36.1 Å². The zero-order chi connectivity index (χ0) is 19.8. The molecule has 0 saturated heterocycles. The number of hydrogen-bond donors (Lipinski definition) is 0. The molecule has 27 heavy (non-hydrogen) atoms. The van der Waals surface area contributed by atoms with Crippen LogP contribution in [0.5, 0.6) is 0 Å². The van der Waals surface area contributed by atoms with E-state index in [1.54, 1.807) is 11.9 Å². The molecule has 1 heterocycles. The summed E-state index contributed by atoms with van der Waals surface area (Å²) in [4.78, 5) is 28.5. The van der Waals surface area contributed by atoms with E-state index < -0.39 is 0 Å². The van der Waals surface area contributed by atoms with Crippen molar-refractivity contribution in [2.45, 2.75) is 58.9 Å². The number of rotatable bonds is 10.